The maximum Gasteiger partial charge on any atom is 0.146 e. The van der Waals surface area contributed by atoms with Crippen LogP contribution in [0.25, 0.3) is 0 Å². The van der Waals surface area contributed by atoms with Crippen molar-refractivity contribution in [2.75, 3.05) is 0 Å². The monoisotopic (exact) mass is 162 g/mol. The quantitative estimate of drug-likeness (QED) is 0.570. The van der Waals surface area contributed by atoms with Gasteiger partial charge in [-0.25, -0.2) is 0 Å². The zero-order chi connectivity index (χ0) is 8.39. The molecule has 0 saturated carbocycles. The van der Waals surface area contributed by atoms with E-state index in [0.29, 0.717) is 5.78 Å². The van der Waals surface area contributed by atoms with Gasteiger partial charge in [-0.05, 0) is 25.7 Å². The van der Waals surface area contributed by atoms with Crippen LogP contribution in [-0.4, -0.2) is 5.78 Å². The summed E-state index contributed by atoms with van der Waals surface area (Å²) < 4.78 is 0. The predicted molar refractivity (Wildman–Crippen MR) is 48.7 cm³/mol. The summed E-state index contributed by atoms with van der Waals surface area (Å²) in [5, 5.41) is 0. The van der Waals surface area contributed by atoms with E-state index in [-0.39, 0.29) is 11.8 Å². The first-order chi connectivity index (χ1) is 5.88. The van der Waals surface area contributed by atoms with Crippen molar-refractivity contribution in [2.24, 2.45) is 11.8 Å². The molecule has 0 radical (unpaired) electrons. The number of hydrogen-bond acceptors (Lipinski definition) is 1. The average molecular weight is 162 g/mol. The lowest BCUT2D eigenvalue weighted by Crippen LogP contribution is -2.17. The molecule has 0 spiro atoms. The van der Waals surface area contributed by atoms with Gasteiger partial charge in [0, 0.05) is 11.8 Å². The molecule has 2 atom stereocenters. The molecule has 0 N–H and O–H groups in total. The van der Waals surface area contributed by atoms with Crippen LogP contribution < -0.4 is 0 Å². The Morgan fingerprint density at radius 3 is 1.83 bits per heavy atom. The molecule has 2 unspecified atom stereocenters. The van der Waals surface area contributed by atoms with Crippen molar-refractivity contribution in [1.82, 2.24) is 0 Å². The molecule has 0 heterocycles. The Bertz CT molecular complexity index is 213. The Morgan fingerprint density at radius 1 is 1.00 bits per heavy atom. The molecule has 1 heteroatoms. The minimum atomic E-state index is 0.234. The van der Waals surface area contributed by atoms with Crippen LogP contribution in [0.15, 0.2) is 24.3 Å². The van der Waals surface area contributed by atoms with E-state index >= 15 is 0 Å². The molecule has 0 amide bonds. The Balaban J connectivity index is 1.99. The number of hydrogen-bond donors (Lipinski definition) is 0. The number of rotatable bonds is 2. The molecule has 1 nitrogen and oxygen atoms in total. The average Bonchev–Trinajstić information content (AvgIpc) is 2.77. The van der Waals surface area contributed by atoms with E-state index in [9.17, 15) is 4.79 Å². The smallest absolute Gasteiger partial charge is 0.146 e. The molecule has 64 valence electrons. The number of carbonyl (C=O) groups is 1. The highest BCUT2D eigenvalue weighted by atomic mass is 16.1. The van der Waals surface area contributed by atoms with Crippen LogP contribution in [0.3, 0.4) is 0 Å². The summed E-state index contributed by atoms with van der Waals surface area (Å²) in [6.07, 6.45) is 12.7. The van der Waals surface area contributed by atoms with Crippen LogP contribution >= 0.6 is 0 Å². The van der Waals surface area contributed by atoms with E-state index in [0.717, 1.165) is 25.7 Å². The van der Waals surface area contributed by atoms with E-state index in [1.165, 1.54) is 0 Å². The molecule has 0 aromatic rings. The second-order valence-corrected chi connectivity index (χ2v) is 3.63. The van der Waals surface area contributed by atoms with Crippen molar-refractivity contribution in [3.63, 3.8) is 0 Å². The Kier molecular flexibility index (Phi) is 2.11. The summed E-state index contributed by atoms with van der Waals surface area (Å²) in [6.45, 7) is 0. The highest BCUT2D eigenvalue weighted by Crippen LogP contribution is 2.26. The summed E-state index contributed by atoms with van der Waals surface area (Å²) in [7, 11) is 0. The summed E-state index contributed by atoms with van der Waals surface area (Å²) >= 11 is 0. The standard InChI is InChI=1S/C11H14O/c12-11(9-5-1-2-6-9)10-7-3-4-8-10/h1,3,5,7,9-10H,2,4,6,8H2. The van der Waals surface area contributed by atoms with Crippen molar-refractivity contribution in [2.45, 2.75) is 25.7 Å². The molecule has 2 aliphatic rings. The number of ketones is 1. The highest BCUT2D eigenvalue weighted by molar-refractivity contribution is 5.87. The zero-order valence-corrected chi connectivity index (χ0v) is 7.20. The maximum absolute atomic E-state index is 11.7. The lowest BCUT2D eigenvalue weighted by molar-refractivity contribution is -0.124. The zero-order valence-electron chi connectivity index (χ0n) is 7.20. The number of allylic oxidation sites excluding steroid dienone is 4. The first kappa shape index (κ1) is 7.78. The maximum atomic E-state index is 11.7. The topological polar surface area (TPSA) is 17.1 Å². The molecule has 0 saturated heterocycles. The third-order valence-electron chi connectivity index (χ3n) is 2.76. The fourth-order valence-corrected chi connectivity index (χ4v) is 2.01. The summed E-state index contributed by atoms with van der Waals surface area (Å²) in [6, 6.07) is 0. The SMILES string of the molecule is O=C(C1C=CCC1)C1C=CCC1. The molecule has 2 aliphatic carbocycles. The summed E-state index contributed by atoms with van der Waals surface area (Å²) in [5.74, 6) is 0.910. The van der Waals surface area contributed by atoms with Gasteiger partial charge in [0.15, 0.2) is 0 Å². The number of carbonyl (C=O) groups excluding carboxylic acids is 1. The highest BCUT2D eigenvalue weighted by Gasteiger charge is 2.25. The van der Waals surface area contributed by atoms with Crippen LogP contribution in [0.1, 0.15) is 25.7 Å². The second-order valence-electron chi connectivity index (χ2n) is 3.63. The normalized spacial score (nSPS) is 33.0. The van der Waals surface area contributed by atoms with Gasteiger partial charge in [0.25, 0.3) is 0 Å². The van der Waals surface area contributed by atoms with Crippen LogP contribution in [-0.2, 0) is 4.79 Å². The van der Waals surface area contributed by atoms with E-state index in [1.807, 2.05) is 0 Å². The lowest BCUT2D eigenvalue weighted by atomic mass is 9.92. The molecule has 0 aromatic heterocycles. The first-order valence-electron chi connectivity index (χ1n) is 4.75. The van der Waals surface area contributed by atoms with Gasteiger partial charge in [0.05, 0.1) is 0 Å². The third-order valence-corrected chi connectivity index (χ3v) is 2.76. The van der Waals surface area contributed by atoms with Crippen LogP contribution in [0.4, 0.5) is 0 Å². The molecule has 0 fully saturated rings. The fraction of sp³-hybridized carbons (Fsp3) is 0.545. The van der Waals surface area contributed by atoms with E-state index < -0.39 is 0 Å². The minimum Gasteiger partial charge on any atom is -0.298 e. The van der Waals surface area contributed by atoms with Crippen molar-refractivity contribution < 1.29 is 4.79 Å². The predicted octanol–water partition coefficient (Wildman–Crippen LogP) is 2.49. The van der Waals surface area contributed by atoms with Gasteiger partial charge in [0.2, 0.25) is 0 Å². The summed E-state index contributed by atoms with van der Waals surface area (Å²) in [5.41, 5.74) is 0. The van der Waals surface area contributed by atoms with Gasteiger partial charge >= 0.3 is 0 Å². The summed E-state index contributed by atoms with van der Waals surface area (Å²) in [4.78, 5) is 11.7. The van der Waals surface area contributed by atoms with Gasteiger partial charge in [-0.1, -0.05) is 24.3 Å². The van der Waals surface area contributed by atoms with Crippen molar-refractivity contribution >= 4 is 5.78 Å². The fourth-order valence-electron chi connectivity index (χ4n) is 2.01. The Hall–Kier alpha value is -0.850. The molecule has 12 heavy (non-hydrogen) atoms. The minimum absolute atomic E-state index is 0.234. The van der Waals surface area contributed by atoms with Crippen LogP contribution in [0.5, 0.6) is 0 Å². The van der Waals surface area contributed by atoms with Gasteiger partial charge in [-0.2, -0.15) is 0 Å². The van der Waals surface area contributed by atoms with Gasteiger partial charge in [-0.15, -0.1) is 0 Å². The largest absolute Gasteiger partial charge is 0.298 e. The number of Topliss-reactive ketones (excluding diaryl/α,β-unsaturated/α-hetero) is 1. The molecular weight excluding hydrogens is 148 g/mol. The van der Waals surface area contributed by atoms with E-state index in [2.05, 4.69) is 24.3 Å². The van der Waals surface area contributed by atoms with Crippen molar-refractivity contribution in [1.29, 1.82) is 0 Å². The van der Waals surface area contributed by atoms with Crippen molar-refractivity contribution in [3.05, 3.63) is 24.3 Å². The van der Waals surface area contributed by atoms with Gasteiger partial charge in [-0.3, -0.25) is 4.79 Å². The Morgan fingerprint density at radius 2 is 1.50 bits per heavy atom. The second kappa shape index (κ2) is 3.26. The third kappa shape index (κ3) is 1.36. The lowest BCUT2D eigenvalue weighted by Gasteiger charge is -2.10. The first-order valence-corrected chi connectivity index (χ1v) is 4.75. The van der Waals surface area contributed by atoms with Crippen molar-refractivity contribution in [3.8, 4) is 0 Å². The molecule has 0 bridgehead atoms. The van der Waals surface area contributed by atoms with E-state index in [4.69, 9.17) is 0 Å². The molecule has 0 aliphatic heterocycles. The van der Waals surface area contributed by atoms with Gasteiger partial charge in [0.1, 0.15) is 5.78 Å². The van der Waals surface area contributed by atoms with Gasteiger partial charge < -0.3 is 0 Å². The molecular formula is C11H14O. The molecule has 2 rings (SSSR count). The molecule has 0 aromatic carbocycles. The van der Waals surface area contributed by atoms with Crippen LogP contribution in [0.2, 0.25) is 0 Å². The van der Waals surface area contributed by atoms with Crippen LogP contribution in [0, 0.1) is 11.8 Å². The van der Waals surface area contributed by atoms with E-state index in [1.54, 1.807) is 0 Å². The Labute approximate surface area is 73.2 Å².